The van der Waals surface area contributed by atoms with Crippen LogP contribution < -0.4 is 20.3 Å². The van der Waals surface area contributed by atoms with Gasteiger partial charge < -0.3 is 25.0 Å². The summed E-state index contributed by atoms with van der Waals surface area (Å²) in [6, 6.07) is 16.3. The number of aryl methyl sites for hydroxylation is 1. The number of amides is 4. The molecule has 4 amide bonds. The van der Waals surface area contributed by atoms with E-state index in [2.05, 4.69) is 15.6 Å². The Balaban J connectivity index is 1.23. The van der Waals surface area contributed by atoms with E-state index >= 15 is 0 Å². The van der Waals surface area contributed by atoms with Crippen molar-refractivity contribution in [3.63, 3.8) is 0 Å². The molecule has 4 aromatic rings. The second kappa shape index (κ2) is 11.9. The number of urea groups is 1. The predicted molar refractivity (Wildman–Crippen MR) is 171 cm³/mol. The summed E-state index contributed by atoms with van der Waals surface area (Å²) in [5.74, 6) is 1.10. The average molecular weight is 614 g/mol. The number of aromatic nitrogens is 1. The van der Waals surface area contributed by atoms with E-state index in [4.69, 9.17) is 9.47 Å². The number of likely N-dealkylation sites (tertiary alicyclic amines) is 1. The molecule has 0 unspecified atom stereocenters. The van der Waals surface area contributed by atoms with E-state index in [9.17, 15) is 14.4 Å². The number of nitrogens with zero attached hydrogens (tertiary/aromatic N) is 3. The highest BCUT2D eigenvalue weighted by molar-refractivity contribution is 7.21. The lowest BCUT2D eigenvalue weighted by Gasteiger charge is -2.35. The molecule has 4 heterocycles. The SMILES string of the molecule is COC(C)(C)CC(=O)N1CCC[C@@H](NC(=O)c2sc3nccc4c3c2NC(=O)N4c2ccc(Oc3ccccc3)cc2C)C1. The standard InChI is InChI=1S/C33H35N5O5S/c1-20-17-23(43-22-10-6-5-7-11-22)12-13-24(20)38-25-14-15-34-31-27(25)28(36-32(38)41)29(44-31)30(40)35-21-9-8-16-37(19-21)26(39)18-33(2,3)42-4/h5-7,10-15,17,21H,8-9,16,18-19H2,1-4H3,(H,35,40)(H,36,41)/t21-/m1/s1. The molecule has 10 nitrogen and oxygen atoms in total. The molecule has 0 radical (unpaired) electrons. The first-order valence-corrected chi connectivity index (χ1v) is 15.4. The maximum Gasteiger partial charge on any atom is 0.331 e. The predicted octanol–water partition coefficient (Wildman–Crippen LogP) is 6.62. The van der Waals surface area contributed by atoms with E-state index in [1.54, 1.807) is 29.2 Å². The minimum absolute atomic E-state index is 0.00362. The molecular weight excluding hydrogens is 578 g/mol. The van der Waals surface area contributed by atoms with Crippen molar-refractivity contribution in [3.8, 4) is 11.5 Å². The molecule has 0 aliphatic carbocycles. The zero-order valence-electron chi connectivity index (χ0n) is 25.2. The van der Waals surface area contributed by atoms with Crippen LogP contribution in [0.3, 0.4) is 0 Å². The fraction of sp³-hybridized carbons (Fsp3) is 0.333. The van der Waals surface area contributed by atoms with Crippen LogP contribution in [0.2, 0.25) is 0 Å². The van der Waals surface area contributed by atoms with Gasteiger partial charge in [0, 0.05) is 32.4 Å². The van der Waals surface area contributed by atoms with Gasteiger partial charge in [-0.3, -0.25) is 14.5 Å². The van der Waals surface area contributed by atoms with Crippen LogP contribution in [0.15, 0.2) is 60.8 Å². The van der Waals surface area contributed by atoms with Crippen LogP contribution in [0.5, 0.6) is 11.5 Å². The fourth-order valence-corrected chi connectivity index (χ4v) is 6.69. The summed E-state index contributed by atoms with van der Waals surface area (Å²) >= 11 is 1.24. The summed E-state index contributed by atoms with van der Waals surface area (Å²) < 4.78 is 11.4. The fourth-order valence-electron chi connectivity index (χ4n) is 5.67. The largest absolute Gasteiger partial charge is 0.457 e. The molecule has 44 heavy (non-hydrogen) atoms. The molecule has 1 atom stereocenters. The van der Waals surface area contributed by atoms with E-state index in [0.29, 0.717) is 51.0 Å². The minimum atomic E-state index is -0.555. The van der Waals surface area contributed by atoms with Gasteiger partial charge in [0.25, 0.3) is 5.91 Å². The molecule has 11 heteroatoms. The molecule has 1 saturated heterocycles. The third-order valence-corrected chi connectivity index (χ3v) is 9.18. The van der Waals surface area contributed by atoms with Gasteiger partial charge in [-0.25, -0.2) is 9.78 Å². The van der Waals surface area contributed by atoms with Crippen LogP contribution in [-0.2, 0) is 9.53 Å². The number of para-hydroxylation sites is 1. The smallest absolute Gasteiger partial charge is 0.331 e. The first-order valence-electron chi connectivity index (χ1n) is 14.6. The molecule has 2 aliphatic rings. The Labute approximate surface area is 260 Å². The van der Waals surface area contributed by atoms with Gasteiger partial charge >= 0.3 is 6.03 Å². The summed E-state index contributed by atoms with van der Waals surface area (Å²) in [4.78, 5) is 49.1. The minimum Gasteiger partial charge on any atom is -0.457 e. The van der Waals surface area contributed by atoms with E-state index < -0.39 is 5.60 Å². The third-order valence-electron chi connectivity index (χ3n) is 8.08. The van der Waals surface area contributed by atoms with Gasteiger partial charge in [-0.2, -0.15) is 0 Å². The number of hydrogen-bond acceptors (Lipinski definition) is 7. The maximum atomic E-state index is 13.6. The summed E-state index contributed by atoms with van der Waals surface area (Å²) in [6.07, 6.45) is 3.47. The van der Waals surface area contributed by atoms with E-state index in [0.717, 1.165) is 24.2 Å². The Hall–Kier alpha value is -4.48. The highest BCUT2D eigenvalue weighted by Gasteiger charge is 2.35. The van der Waals surface area contributed by atoms with Crippen molar-refractivity contribution in [2.24, 2.45) is 0 Å². The molecule has 6 rings (SSSR count). The number of ether oxygens (including phenoxy) is 2. The first kappa shape index (κ1) is 29.6. The lowest BCUT2D eigenvalue weighted by atomic mass is 10.0. The van der Waals surface area contributed by atoms with Crippen LogP contribution in [0.1, 0.15) is 48.3 Å². The molecule has 0 saturated carbocycles. The van der Waals surface area contributed by atoms with Crippen molar-refractivity contribution in [1.82, 2.24) is 15.2 Å². The number of methoxy groups -OCH3 is 1. The summed E-state index contributed by atoms with van der Waals surface area (Å²) in [6.45, 7) is 6.77. The van der Waals surface area contributed by atoms with Crippen molar-refractivity contribution in [2.75, 3.05) is 30.4 Å². The molecular formula is C33H35N5O5S. The van der Waals surface area contributed by atoms with Gasteiger partial charge in [0.15, 0.2) is 0 Å². The quantitative estimate of drug-likeness (QED) is 0.231. The molecule has 2 aromatic heterocycles. The lowest BCUT2D eigenvalue weighted by molar-refractivity contribution is -0.137. The number of rotatable bonds is 8. The Morgan fingerprint density at radius 2 is 1.91 bits per heavy atom. The number of carbonyl (C=O) groups excluding carboxylic acids is 3. The zero-order valence-corrected chi connectivity index (χ0v) is 26.0. The number of thiophene rings is 1. The van der Waals surface area contributed by atoms with Crippen molar-refractivity contribution >= 4 is 56.5 Å². The summed E-state index contributed by atoms with van der Waals surface area (Å²) in [5, 5.41) is 6.79. The van der Waals surface area contributed by atoms with Crippen LogP contribution in [-0.4, -0.2) is 59.6 Å². The highest BCUT2D eigenvalue weighted by atomic mass is 32.1. The normalized spacial score (nSPS) is 16.5. The maximum absolute atomic E-state index is 13.6. The number of benzene rings is 2. The number of piperidine rings is 1. The molecule has 0 spiro atoms. The molecule has 0 bridgehead atoms. The first-order chi connectivity index (χ1) is 21.1. The second-order valence-corrected chi connectivity index (χ2v) is 12.7. The van der Waals surface area contributed by atoms with E-state index in [1.807, 2.05) is 69.3 Å². The lowest BCUT2D eigenvalue weighted by Crippen LogP contribution is -2.50. The molecule has 2 N–H and O–H groups in total. The number of carbonyl (C=O) groups is 3. The van der Waals surface area contributed by atoms with Crippen LogP contribution in [0.4, 0.5) is 21.9 Å². The Morgan fingerprint density at radius 3 is 2.66 bits per heavy atom. The van der Waals surface area contributed by atoms with Crippen LogP contribution in [0, 0.1) is 6.92 Å². The van der Waals surface area contributed by atoms with Crippen LogP contribution >= 0.6 is 11.3 Å². The van der Waals surface area contributed by atoms with Gasteiger partial charge in [0.1, 0.15) is 21.2 Å². The number of hydrogen-bond donors (Lipinski definition) is 2. The average Bonchev–Trinajstić information content (AvgIpc) is 3.38. The van der Waals surface area contributed by atoms with Crippen molar-refractivity contribution in [1.29, 1.82) is 0 Å². The number of anilines is 3. The second-order valence-electron chi connectivity index (χ2n) is 11.7. The van der Waals surface area contributed by atoms with Crippen molar-refractivity contribution in [2.45, 2.75) is 51.7 Å². The van der Waals surface area contributed by atoms with Gasteiger partial charge in [-0.1, -0.05) is 18.2 Å². The monoisotopic (exact) mass is 613 g/mol. The van der Waals surface area contributed by atoms with Gasteiger partial charge in [-0.15, -0.1) is 11.3 Å². The van der Waals surface area contributed by atoms with Gasteiger partial charge in [0.05, 0.1) is 34.5 Å². The van der Waals surface area contributed by atoms with Crippen molar-refractivity contribution in [3.05, 3.63) is 71.2 Å². The molecule has 1 fully saturated rings. The van der Waals surface area contributed by atoms with Gasteiger partial charge in [-0.05, 0) is 75.6 Å². The zero-order chi connectivity index (χ0) is 31.0. The number of pyridine rings is 1. The van der Waals surface area contributed by atoms with Crippen molar-refractivity contribution < 1.29 is 23.9 Å². The highest BCUT2D eigenvalue weighted by Crippen LogP contribution is 2.46. The van der Waals surface area contributed by atoms with Crippen LogP contribution in [0.25, 0.3) is 10.2 Å². The Bertz CT molecular complexity index is 1740. The number of nitrogens with one attached hydrogen (secondary N) is 2. The van der Waals surface area contributed by atoms with Gasteiger partial charge in [0.2, 0.25) is 5.91 Å². The summed E-state index contributed by atoms with van der Waals surface area (Å²) in [5.41, 5.74) is 2.10. The third kappa shape index (κ3) is 5.85. The molecule has 228 valence electrons. The topological polar surface area (TPSA) is 113 Å². The Morgan fingerprint density at radius 1 is 1.11 bits per heavy atom. The Kier molecular flexibility index (Phi) is 8.00. The molecule has 2 aromatic carbocycles. The van der Waals surface area contributed by atoms with E-state index in [-0.39, 0.29) is 30.3 Å². The van der Waals surface area contributed by atoms with E-state index in [1.165, 1.54) is 11.3 Å². The summed E-state index contributed by atoms with van der Waals surface area (Å²) in [7, 11) is 1.60. The molecule has 2 aliphatic heterocycles.